The Morgan fingerprint density at radius 2 is 2.19 bits per heavy atom. The van der Waals surface area contributed by atoms with Crippen molar-refractivity contribution in [2.24, 2.45) is 5.73 Å². The summed E-state index contributed by atoms with van der Waals surface area (Å²) >= 11 is 0. The maximum absolute atomic E-state index is 12.7. The molecule has 2 rings (SSSR count). The van der Waals surface area contributed by atoms with Crippen LogP contribution < -0.4 is 5.73 Å². The number of carbonyl (C=O) groups is 1. The molecule has 7 heteroatoms. The van der Waals surface area contributed by atoms with Gasteiger partial charge in [0.15, 0.2) is 0 Å². The highest BCUT2D eigenvalue weighted by Gasteiger charge is 2.32. The van der Waals surface area contributed by atoms with Gasteiger partial charge in [-0.05, 0) is 25.6 Å². The van der Waals surface area contributed by atoms with Crippen LogP contribution in [-0.2, 0) is 0 Å². The Bertz CT molecular complexity index is 561. The molecule has 0 aliphatic carbocycles. The van der Waals surface area contributed by atoms with Crippen LogP contribution in [0.25, 0.3) is 0 Å². The van der Waals surface area contributed by atoms with Gasteiger partial charge in [-0.3, -0.25) is 14.9 Å². The van der Waals surface area contributed by atoms with Crippen molar-refractivity contribution in [3.63, 3.8) is 0 Å². The Morgan fingerprint density at radius 3 is 2.81 bits per heavy atom. The SMILES string of the molecule is Cc1ccc([N+](=O)[O-])c(C(=O)N2CCN(C)CC2CN)c1. The van der Waals surface area contributed by atoms with Crippen molar-refractivity contribution in [3.8, 4) is 0 Å². The first-order valence-electron chi connectivity index (χ1n) is 6.88. The zero-order chi connectivity index (χ0) is 15.6. The van der Waals surface area contributed by atoms with Gasteiger partial charge in [0.05, 0.1) is 11.0 Å². The summed E-state index contributed by atoms with van der Waals surface area (Å²) in [5.41, 5.74) is 6.56. The number of piperazine rings is 1. The molecule has 1 aliphatic rings. The number of nitrogens with two attached hydrogens (primary N) is 1. The molecule has 1 aliphatic heterocycles. The molecule has 0 aromatic heterocycles. The lowest BCUT2D eigenvalue weighted by molar-refractivity contribution is -0.385. The molecule has 21 heavy (non-hydrogen) atoms. The second kappa shape index (κ2) is 6.19. The topological polar surface area (TPSA) is 92.7 Å². The zero-order valence-electron chi connectivity index (χ0n) is 12.3. The van der Waals surface area contributed by atoms with Gasteiger partial charge in [-0.15, -0.1) is 0 Å². The molecule has 114 valence electrons. The van der Waals surface area contributed by atoms with Crippen molar-refractivity contribution in [1.82, 2.24) is 9.80 Å². The fourth-order valence-corrected chi connectivity index (χ4v) is 2.61. The lowest BCUT2D eigenvalue weighted by atomic mass is 10.1. The third-order valence-corrected chi connectivity index (χ3v) is 3.80. The van der Waals surface area contributed by atoms with E-state index in [2.05, 4.69) is 4.90 Å². The van der Waals surface area contributed by atoms with Gasteiger partial charge in [0, 0.05) is 32.2 Å². The molecule has 0 spiro atoms. The monoisotopic (exact) mass is 292 g/mol. The summed E-state index contributed by atoms with van der Waals surface area (Å²) < 4.78 is 0. The molecule has 0 radical (unpaired) electrons. The molecule has 1 aromatic rings. The van der Waals surface area contributed by atoms with Crippen LogP contribution >= 0.6 is 0 Å². The number of nitrogens with zero attached hydrogens (tertiary/aromatic N) is 3. The fraction of sp³-hybridized carbons (Fsp3) is 0.500. The van der Waals surface area contributed by atoms with Gasteiger partial charge >= 0.3 is 0 Å². The summed E-state index contributed by atoms with van der Waals surface area (Å²) in [7, 11) is 1.97. The lowest BCUT2D eigenvalue weighted by Crippen LogP contribution is -2.56. The maximum Gasteiger partial charge on any atom is 0.282 e. The molecule has 1 atom stereocenters. The maximum atomic E-state index is 12.7. The van der Waals surface area contributed by atoms with Gasteiger partial charge in [0.25, 0.3) is 11.6 Å². The summed E-state index contributed by atoms with van der Waals surface area (Å²) in [6.07, 6.45) is 0. The van der Waals surface area contributed by atoms with E-state index < -0.39 is 4.92 Å². The number of carbonyl (C=O) groups excluding carboxylic acids is 1. The minimum absolute atomic E-state index is 0.114. The van der Waals surface area contributed by atoms with E-state index in [1.165, 1.54) is 6.07 Å². The Labute approximate surface area is 123 Å². The molecule has 1 fully saturated rings. The molecule has 1 heterocycles. The second-order valence-electron chi connectivity index (χ2n) is 5.43. The number of hydrogen-bond acceptors (Lipinski definition) is 5. The van der Waals surface area contributed by atoms with Gasteiger partial charge in [-0.25, -0.2) is 0 Å². The van der Waals surface area contributed by atoms with Gasteiger partial charge in [-0.2, -0.15) is 0 Å². The molecule has 7 nitrogen and oxygen atoms in total. The van der Waals surface area contributed by atoms with E-state index in [9.17, 15) is 14.9 Å². The number of hydrogen-bond donors (Lipinski definition) is 1. The minimum Gasteiger partial charge on any atom is -0.332 e. The minimum atomic E-state index is -0.514. The number of likely N-dealkylation sites (N-methyl/N-ethyl adjacent to an activating group) is 1. The van der Waals surface area contributed by atoms with Gasteiger partial charge < -0.3 is 15.5 Å². The molecule has 1 saturated heterocycles. The van der Waals surface area contributed by atoms with Crippen LogP contribution in [0.3, 0.4) is 0 Å². The third kappa shape index (κ3) is 3.20. The average Bonchev–Trinajstić information content (AvgIpc) is 2.45. The van der Waals surface area contributed by atoms with Crippen molar-refractivity contribution in [3.05, 3.63) is 39.4 Å². The number of rotatable bonds is 3. The molecular weight excluding hydrogens is 272 g/mol. The lowest BCUT2D eigenvalue weighted by Gasteiger charge is -2.39. The predicted octanol–water partition coefficient (Wildman–Crippen LogP) is 0.618. The molecule has 0 bridgehead atoms. The number of nitro benzene ring substituents is 1. The quantitative estimate of drug-likeness (QED) is 0.651. The molecule has 2 N–H and O–H groups in total. The summed E-state index contributed by atoms with van der Waals surface area (Å²) in [6.45, 7) is 4.10. The predicted molar refractivity (Wildman–Crippen MR) is 79.2 cm³/mol. The van der Waals surface area contributed by atoms with E-state index in [-0.39, 0.29) is 23.2 Å². The van der Waals surface area contributed by atoms with Crippen molar-refractivity contribution in [2.45, 2.75) is 13.0 Å². The standard InChI is InChI=1S/C14H20N4O3/c1-10-3-4-13(18(20)21)12(7-10)14(19)17-6-5-16(2)9-11(17)8-15/h3-4,7,11H,5-6,8-9,15H2,1-2H3. The summed E-state index contributed by atoms with van der Waals surface area (Å²) in [4.78, 5) is 27.1. The first-order chi connectivity index (χ1) is 9.93. The number of benzene rings is 1. The van der Waals surface area contributed by atoms with Crippen LogP contribution in [0.2, 0.25) is 0 Å². The van der Waals surface area contributed by atoms with Crippen molar-refractivity contribution >= 4 is 11.6 Å². The molecule has 0 saturated carbocycles. The van der Waals surface area contributed by atoms with Crippen LogP contribution in [0.5, 0.6) is 0 Å². The Morgan fingerprint density at radius 1 is 1.48 bits per heavy atom. The van der Waals surface area contributed by atoms with Crippen LogP contribution in [0.4, 0.5) is 5.69 Å². The highest BCUT2D eigenvalue weighted by Crippen LogP contribution is 2.23. The number of aryl methyl sites for hydroxylation is 1. The first kappa shape index (κ1) is 15.4. The second-order valence-corrected chi connectivity index (χ2v) is 5.43. The van der Waals surface area contributed by atoms with Crippen LogP contribution in [0.1, 0.15) is 15.9 Å². The van der Waals surface area contributed by atoms with E-state index >= 15 is 0 Å². The number of nitro groups is 1. The van der Waals surface area contributed by atoms with Gasteiger partial charge in [0.1, 0.15) is 5.56 Å². The highest BCUT2D eigenvalue weighted by molar-refractivity contribution is 5.98. The van der Waals surface area contributed by atoms with E-state index in [0.717, 1.165) is 12.1 Å². The molecule has 1 amide bonds. The largest absolute Gasteiger partial charge is 0.332 e. The molecule has 1 unspecified atom stereocenters. The average molecular weight is 292 g/mol. The van der Waals surface area contributed by atoms with Gasteiger partial charge in [0.2, 0.25) is 0 Å². The van der Waals surface area contributed by atoms with Crippen molar-refractivity contribution < 1.29 is 9.72 Å². The molecular formula is C14H20N4O3. The van der Waals surface area contributed by atoms with E-state index in [1.54, 1.807) is 17.0 Å². The normalized spacial score (nSPS) is 19.6. The Hall–Kier alpha value is -1.99. The zero-order valence-corrected chi connectivity index (χ0v) is 12.3. The summed E-state index contributed by atoms with van der Waals surface area (Å²) in [6, 6.07) is 4.48. The van der Waals surface area contributed by atoms with Crippen LogP contribution in [0, 0.1) is 17.0 Å². The van der Waals surface area contributed by atoms with Crippen molar-refractivity contribution in [2.75, 3.05) is 33.2 Å². The van der Waals surface area contributed by atoms with Gasteiger partial charge in [-0.1, -0.05) is 6.07 Å². The number of amides is 1. The molecule has 1 aromatic carbocycles. The first-order valence-corrected chi connectivity index (χ1v) is 6.88. The van der Waals surface area contributed by atoms with E-state index in [0.29, 0.717) is 19.6 Å². The summed E-state index contributed by atoms with van der Waals surface area (Å²) in [5, 5.41) is 11.1. The Balaban J connectivity index is 2.35. The van der Waals surface area contributed by atoms with Crippen molar-refractivity contribution in [1.29, 1.82) is 0 Å². The Kier molecular flexibility index (Phi) is 4.54. The van der Waals surface area contributed by atoms with E-state index in [4.69, 9.17) is 5.73 Å². The van der Waals surface area contributed by atoms with Crippen LogP contribution in [-0.4, -0.2) is 59.9 Å². The fourth-order valence-electron chi connectivity index (χ4n) is 2.61. The van der Waals surface area contributed by atoms with Crippen LogP contribution in [0.15, 0.2) is 18.2 Å². The smallest absolute Gasteiger partial charge is 0.282 e. The summed E-state index contributed by atoms with van der Waals surface area (Å²) in [5.74, 6) is -0.311. The highest BCUT2D eigenvalue weighted by atomic mass is 16.6. The third-order valence-electron chi connectivity index (χ3n) is 3.80. The van der Waals surface area contributed by atoms with E-state index in [1.807, 2.05) is 14.0 Å².